The molecule has 1 aromatic rings. The summed E-state index contributed by atoms with van der Waals surface area (Å²) >= 11 is 0. The van der Waals surface area contributed by atoms with Crippen molar-refractivity contribution in [1.82, 2.24) is 15.1 Å². The number of rotatable bonds is 5. The summed E-state index contributed by atoms with van der Waals surface area (Å²) in [6.45, 7) is 5.99. The average Bonchev–Trinajstić information content (AvgIpc) is 2.98. The topological polar surface area (TPSA) is 18.5 Å². The van der Waals surface area contributed by atoms with Crippen molar-refractivity contribution in [3.63, 3.8) is 0 Å². The summed E-state index contributed by atoms with van der Waals surface area (Å²) < 4.78 is 0. The lowest BCUT2D eigenvalue weighted by Gasteiger charge is -2.31. The molecule has 116 valence electrons. The standard InChI is InChI=1S/C18H29N3/c1-20(14-17-9-5-6-11-19-17)18-10-12-21(15-18)13-16-7-3-2-4-8-16/h2-4,7-8,17-19H,5-6,9-15H2,1H3. The van der Waals surface area contributed by atoms with E-state index >= 15 is 0 Å². The summed E-state index contributed by atoms with van der Waals surface area (Å²) in [6, 6.07) is 12.3. The molecule has 0 spiro atoms. The molecule has 3 rings (SSSR count). The fraction of sp³-hybridized carbons (Fsp3) is 0.667. The van der Waals surface area contributed by atoms with Crippen molar-refractivity contribution in [3.05, 3.63) is 35.9 Å². The Morgan fingerprint density at radius 2 is 2.05 bits per heavy atom. The van der Waals surface area contributed by atoms with Crippen LogP contribution in [0.1, 0.15) is 31.2 Å². The van der Waals surface area contributed by atoms with E-state index in [0.717, 1.165) is 12.6 Å². The Kier molecular flexibility index (Phi) is 5.28. The van der Waals surface area contributed by atoms with Gasteiger partial charge in [-0.3, -0.25) is 4.90 Å². The minimum Gasteiger partial charge on any atom is -0.313 e. The van der Waals surface area contributed by atoms with Gasteiger partial charge in [0.05, 0.1) is 0 Å². The van der Waals surface area contributed by atoms with Gasteiger partial charge < -0.3 is 10.2 Å². The second-order valence-corrected chi connectivity index (χ2v) is 6.75. The minimum absolute atomic E-state index is 0.715. The first-order valence-corrected chi connectivity index (χ1v) is 8.51. The van der Waals surface area contributed by atoms with Crippen LogP contribution in [-0.4, -0.2) is 55.1 Å². The molecule has 0 radical (unpaired) electrons. The molecular weight excluding hydrogens is 258 g/mol. The van der Waals surface area contributed by atoms with Gasteiger partial charge in [0.15, 0.2) is 0 Å². The first-order chi connectivity index (χ1) is 10.3. The van der Waals surface area contributed by atoms with E-state index in [4.69, 9.17) is 0 Å². The molecule has 2 heterocycles. The fourth-order valence-electron chi connectivity index (χ4n) is 3.73. The zero-order valence-corrected chi connectivity index (χ0v) is 13.3. The van der Waals surface area contributed by atoms with E-state index < -0.39 is 0 Å². The lowest BCUT2D eigenvalue weighted by molar-refractivity contribution is 0.197. The number of nitrogens with one attached hydrogen (secondary N) is 1. The predicted octanol–water partition coefficient (Wildman–Crippen LogP) is 2.33. The number of hydrogen-bond donors (Lipinski definition) is 1. The van der Waals surface area contributed by atoms with E-state index in [1.54, 1.807) is 0 Å². The highest BCUT2D eigenvalue weighted by Crippen LogP contribution is 2.18. The number of benzene rings is 1. The van der Waals surface area contributed by atoms with Gasteiger partial charge >= 0.3 is 0 Å². The van der Waals surface area contributed by atoms with Crippen LogP contribution in [0.4, 0.5) is 0 Å². The molecule has 3 heteroatoms. The second-order valence-electron chi connectivity index (χ2n) is 6.75. The minimum atomic E-state index is 0.715. The number of nitrogens with zero attached hydrogens (tertiary/aromatic N) is 2. The van der Waals surface area contributed by atoms with E-state index in [2.05, 4.69) is 52.5 Å². The highest BCUT2D eigenvalue weighted by atomic mass is 15.2. The van der Waals surface area contributed by atoms with Crippen LogP contribution in [0.5, 0.6) is 0 Å². The predicted molar refractivity (Wildman–Crippen MR) is 88.4 cm³/mol. The van der Waals surface area contributed by atoms with E-state index in [1.165, 1.54) is 57.4 Å². The van der Waals surface area contributed by atoms with Crippen LogP contribution in [0.25, 0.3) is 0 Å². The quantitative estimate of drug-likeness (QED) is 0.897. The maximum absolute atomic E-state index is 3.67. The highest BCUT2D eigenvalue weighted by Gasteiger charge is 2.27. The first-order valence-electron chi connectivity index (χ1n) is 8.51. The van der Waals surface area contributed by atoms with E-state index in [1.807, 2.05) is 0 Å². The molecule has 0 saturated carbocycles. The van der Waals surface area contributed by atoms with Crippen molar-refractivity contribution in [2.75, 3.05) is 33.2 Å². The van der Waals surface area contributed by atoms with Gasteiger partial charge in [0, 0.05) is 38.3 Å². The normalized spacial score (nSPS) is 27.3. The highest BCUT2D eigenvalue weighted by molar-refractivity contribution is 5.14. The van der Waals surface area contributed by atoms with Crippen LogP contribution in [0.3, 0.4) is 0 Å². The molecule has 2 unspecified atom stereocenters. The van der Waals surface area contributed by atoms with Crippen LogP contribution in [-0.2, 0) is 6.54 Å². The zero-order valence-electron chi connectivity index (χ0n) is 13.3. The van der Waals surface area contributed by atoms with E-state index in [-0.39, 0.29) is 0 Å². The summed E-state index contributed by atoms with van der Waals surface area (Å²) in [5.74, 6) is 0. The Labute approximate surface area is 129 Å². The van der Waals surface area contributed by atoms with Gasteiger partial charge in [0.2, 0.25) is 0 Å². The van der Waals surface area contributed by atoms with Gasteiger partial charge in [-0.05, 0) is 38.4 Å². The van der Waals surface area contributed by atoms with Crippen molar-refractivity contribution >= 4 is 0 Å². The Bertz CT molecular complexity index is 414. The lowest BCUT2D eigenvalue weighted by Crippen LogP contribution is -2.46. The molecule has 21 heavy (non-hydrogen) atoms. The Balaban J connectivity index is 1.45. The number of piperidine rings is 1. The van der Waals surface area contributed by atoms with Crippen LogP contribution in [0.2, 0.25) is 0 Å². The largest absolute Gasteiger partial charge is 0.313 e. The Morgan fingerprint density at radius 1 is 1.19 bits per heavy atom. The number of likely N-dealkylation sites (tertiary alicyclic amines) is 1. The van der Waals surface area contributed by atoms with E-state index in [0.29, 0.717) is 6.04 Å². The molecule has 0 aromatic heterocycles. The Hall–Kier alpha value is -0.900. The molecule has 2 fully saturated rings. The van der Waals surface area contributed by atoms with Crippen LogP contribution in [0, 0.1) is 0 Å². The third-order valence-electron chi connectivity index (χ3n) is 5.04. The van der Waals surface area contributed by atoms with Crippen molar-refractivity contribution in [2.45, 2.75) is 44.3 Å². The first kappa shape index (κ1) is 15.0. The molecule has 2 atom stereocenters. The maximum atomic E-state index is 3.67. The van der Waals surface area contributed by atoms with Crippen molar-refractivity contribution in [1.29, 1.82) is 0 Å². The second kappa shape index (κ2) is 7.39. The summed E-state index contributed by atoms with van der Waals surface area (Å²) in [6.07, 6.45) is 5.42. The fourth-order valence-corrected chi connectivity index (χ4v) is 3.73. The summed E-state index contributed by atoms with van der Waals surface area (Å²) in [5.41, 5.74) is 1.44. The number of hydrogen-bond acceptors (Lipinski definition) is 3. The van der Waals surface area contributed by atoms with Crippen molar-refractivity contribution < 1.29 is 0 Å². The number of likely N-dealkylation sites (N-methyl/N-ethyl adjacent to an activating group) is 1. The summed E-state index contributed by atoms with van der Waals surface area (Å²) in [7, 11) is 2.31. The lowest BCUT2D eigenvalue weighted by atomic mass is 10.0. The summed E-state index contributed by atoms with van der Waals surface area (Å²) in [5, 5.41) is 3.67. The molecule has 2 saturated heterocycles. The van der Waals surface area contributed by atoms with Crippen LogP contribution in [0.15, 0.2) is 30.3 Å². The molecule has 1 aromatic carbocycles. The van der Waals surface area contributed by atoms with Gasteiger partial charge in [0.1, 0.15) is 0 Å². The van der Waals surface area contributed by atoms with Gasteiger partial charge in [-0.15, -0.1) is 0 Å². The molecule has 0 bridgehead atoms. The maximum Gasteiger partial charge on any atom is 0.0234 e. The zero-order chi connectivity index (χ0) is 14.5. The van der Waals surface area contributed by atoms with Crippen LogP contribution < -0.4 is 5.32 Å². The van der Waals surface area contributed by atoms with Gasteiger partial charge in [-0.25, -0.2) is 0 Å². The smallest absolute Gasteiger partial charge is 0.0234 e. The van der Waals surface area contributed by atoms with Crippen LogP contribution >= 0.6 is 0 Å². The van der Waals surface area contributed by atoms with Gasteiger partial charge in [0.25, 0.3) is 0 Å². The van der Waals surface area contributed by atoms with Crippen molar-refractivity contribution in [2.24, 2.45) is 0 Å². The monoisotopic (exact) mass is 287 g/mol. The molecule has 0 aliphatic carbocycles. The third kappa shape index (κ3) is 4.29. The molecular formula is C18H29N3. The Morgan fingerprint density at radius 3 is 2.81 bits per heavy atom. The van der Waals surface area contributed by atoms with Gasteiger partial charge in [-0.2, -0.15) is 0 Å². The molecule has 2 aliphatic heterocycles. The van der Waals surface area contributed by atoms with E-state index in [9.17, 15) is 0 Å². The van der Waals surface area contributed by atoms with Crippen molar-refractivity contribution in [3.8, 4) is 0 Å². The molecule has 0 amide bonds. The molecule has 3 nitrogen and oxygen atoms in total. The average molecular weight is 287 g/mol. The molecule has 2 aliphatic rings. The molecule has 1 N–H and O–H groups in total. The summed E-state index contributed by atoms with van der Waals surface area (Å²) in [4.78, 5) is 5.19. The SMILES string of the molecule is CN(CC1CCCCN1)C1CCN(Cc2ccccc2)C1. The van der Waals surface area contributed by atoms with Gasteiger partial charge in [-0.1, -0.05) is 36.8 Å². The third-order valence-corrected chi connectivity index (χ3v) is 5.04.